The first kappa shape index (κ1) is 17.3. The number of halogens is 1. The molecule has 0 fully saturated rings. The molecule has 0 N–H and O–H groups in total. The van der Waals surface area contributed by atoms with E-state index in [1.165, 1.54) is 0 Å². The SMILES string of the molecule is CN(Cc1ccnn1C)C(=O)c1ccc(COc2ccc(Br)cc2)o1. The lowest BCUT2D eigenvalue weighted by Crippen LogP contribution is -2.26. The van der Waals surface area contributed by atoms with Crippen molar-refractivity contribution >= 4 is 21.8 Å². The van der Waals surface area contributed by atoms with Crippen LogP contribution in [0.25, 0.3) is 0 Å². The topological polar surface area (TPSA) is 60.5 Å². The number of benzene rings is 1. The fraction of sp³-hybridized carbons (Fsp3) is 0.222. The molecule has 1 amide bonds. The van der Waals surface area contributed by atoms with Crippen LogP contribution in [0.5, 0.6) is 5.75 Å². The fourth-order valence-corrected chi connectivity index (χ4v) is 2.58. The predicted molar refractivity (Wildman–Crippen MR) is 96.2 cm³/mol. The van der Waals surface area contributed by atoms with Gasteiger partial charge in [-0.2, -0.15) is 5.10 Å². The van der Waals surface area contributed by atoms with E-state index in [0.717, 1.165) is 15.9 Å². The van der Waals surface area contributed by atoms with E-state index in [-0.39, 0.29) is 12.5 Å². The van der Waals surface area contributed by atoms with E-state index in [4.69, 9.17) is 9.15 Å². The average molecular weight is 404 g/mol. The van der Waals surface area contributed by atoms with Gasteiger partial charge in [-0.1, -0.05) is 15.9 Å². The van der Waals surface area contributed by atoms with E-state index in [2.05, 4.69) is 21.0 Å². The zero-order valence-electron chi connectivity index (χ0n) is 14.0. The van der Waals surface area contributed by atoms with Crippen molar-refractivity contribution < 1.29 is 13.9 Å². The molecule has 3 aromatic rings. The van der Waals surface area contributed by atoms with Crippen molar-refractivity contribution in [3.05, 3.63) is 70.3 Å². The highest BCUT2D eigenvalue weighted by molar-refractivity contribution is 9.10. The molecule has 0 aliphatic heterocycles. The van der Waals surface area contributed by atoms with Crippen molar-refractivity contribution in [3.63, 3.8) is 0 Å². The maximum atomic E-state index is 12.5. The number of furan rings is 1. The van der Waals surface area contributed by atoms with E-state index in [1.54, 1.807) is 35.0 Å². The quantitative estimate of drug-likeness (QED) is 0.630. The number of aryl methyl sites for hydroxylation is 1. The molecular weight excluding hydrogens is 386 g/mol. The second-order valence-corrected chi connectivity index (χ2v) is 6.53. The molecule has 3 rings (SSSR count). The highest BCUT2D eigenvalue weighted by Gasteiger charge is 2.17. The molecule has 0 spiro atoms. The summed E-state index contributed by atoms with van der Waals surface area (Å²) in [7, 11) is 3.58. The predicted octanol–water partition coefficient (Wildman–Crippen LogP) is 3.63. The summed E-state index contributed by atoms with van der Waals surface area (Å²) in [6.45, 7) is 0.723. The van der Waals surface area contributed by atoms with Crippen molar-refractivity contribution in [2.45, 2.75) is 13.2 Å². The van der Waals surface area contributed by atoms with E-state index in [9.17, 15) is 4.79 Å². The van der Waals surface area contributed by atoms with Crippen LogP contribution in [-0.2, 0) is 20.2 Å². The summed E-state index contributed by atoms with van der Waals surface area (Å²) in [4.78, 5) is 14.1. The van der Waals surface area contributed by atoms with Gasteiger partial charge in [-0.05, 0) is 42.5 Å². The maximum absolute atomic E-state index is 12.5. The fourth-order valence-electron chi connectivity index (χ4n) is 2.32. The van der Waals surface area contributed by atoms with Crippen molar-refractivity contribution in [3.8, 4) is 5.75 Å². The summed E-state index contributed by atoms with van der Waals surface area (Å²) in [5.74, 6) is 1.44. The molecule has 0 aliphatic carbocycles. The lowest BCUT2D eigenvalue weighted by atomic mass is 10.3. The van der Waals surface area contributed by atoms with Crippen LogP contribution in [0.4, 0.5) is 0 Å². The minimum absolute atomic E-state index is 0.184. The number of carbonyl (C=O) groups is 1. The lowest BCUT2D eigenvalue weighted by molar-refractivity contribution is 0.0746. The van der Waals surface area contributed by atoms with E-state index in [0.29, 0.717) is 18.1 Å². The second kappa shape index (κ2) is 7.57. The third kappa shape index (κ3) is 4.30. The van der Waals surface area contributed by atoms with Crippen molar-refractivity contribution in [2.24, 2.45) is 7.05 Å². The first-order chi connectivity index (χ1) is 12.0. The third-order valence-electron chi connectivity index (χ3n) is 3.74. The molecule has 2 aromatic heterocycles. The van der Waals surface area contributed by atoms with Crippen molar-refractivity contribution in [1.82, 2.24) is 14.7 Å². The summed E-state index contributed by atoms with van der Waals surface area (Å²) >= 11 is 3.38. The molecular formula is C18H18BrN3O3. The van der Waals surface area contributed by atoms with Gasteiger partial charge in [0.05, 0.1) is 12.2 Å². The van der Waals surface area contributed by atoms with Gasteiger partial charge in [0.1, 0.15) is 18.1 Å². The standard InChI is InChI=1S/C18H18BrN3O3/c1-21(11-14-9-10-20-22(14)2)18(23)17-8-7-16(25-17)12-24-15-5-3-13(19)4-6-15/h3-10H,11-12H2,1-2H3. The molecule has 7 heteroatoms. The monoisotopic (exact) mass is 403 g/mol. The highest BCUT2D eigenvalue weighted by atomic mass is 79.9. The van der Waals surface area contributed by atoms with Crippen LogP contribution in [0.3, 0.4) is 0 Å². The van der Waals surface area contributed by atoms with Crippen LogP contribution in [0.1, 0.15) is 22.0 Å². The molecule has 0 saturated heterocycles. The molecule has 2 heterocycles. The summed E-state index contributed by atoms with van der Waals surface area (Å²) in [6.07, 6.45) is 1.71. The number of rotatable bonds is 6. The van der Waals surface area contributed by atoms with Gasteiger partial charge in [0, 0.05) is 24.8 Å². The first-order valence-corrected chi connectivity index (χ1v) is 8.51. The zero-order chi connectivity index (χ0) is 17.8. The van der Waals surface area contributed by atoms with Gasteiger partial charge in [-0.15, -0.1) is 0 Å². The molecule has 130 valence electrons. The zero-order valence-corrected chi connectivity index (χ0v) is 15.6. The Balaban J connectivity index is 1.59. The Morgan fingerprint density at radius 3 is 2.68 bits per heavy atom. The summed E-state index contributed by atoms with van der Waals surface area (Å²) < 4.78 is 14.0. The Labute approximate surface area is 154 Å². The summed E-state index contributed by atoms with van der Waals surface area (Å²) in [5, 5.41) is 4.10. The average Bonchev–Trinajstić information content (AvgIpc) is 3.23. The van der Waals surface area contributed by atoms with Crippen LogP contribution in [0.15, 0.2) is 57.6 Å². The Bertz CT molecular complexity index is 855. The highest BCUT2D eigenvalue weighted by Crippen LogP contribution is 2.18. The van der Waals surface area contributed by atoms with Gasteiger partial charge < -0.3 is 14.1 Å². The normalized spacial score (nSPS) is 10.7. The number of hydrogen-bond acceptors (Lipinski definition) is 4. The molecule has 0 radical (unpaired) electrons. The Morgan fingerprint density at radius 1 is 1.24 bits per heavy atom. The van der Waals surface area contributed by atoms with Crippen LogP contribution in [-0.4, -0.2) is 27.6 Å². The Hall–Kier alpha value is -2.54. The molecule has 0 unspecified atom stereocenters. The van der Waals surface area contributed by atoms with Gasteiger partial charge in [0.15, 0.2) is 5.76 Å². The molecule has 0 atom stereocenters. The smallest absolute Gasteiger partial charge is 0.289 e. The summed E-state index contributed by atoms with van der Waals surface area (Å²) in [6, 6.07) is 12.8. The Morgan fingerprint density at radius 2 is 2.00 bits per heavy atom. The molecule has 1 aromatic carbocycles. The molecule has 25 heavy (non-hydrogen) atoms. The Kier molecular flexibility index (Phi) is 5.23. The van der Waals surface area contributed by atoms with Crippen LogP contribution < -0.4 is 4.74 Å². The summed E-state index contributed by atoms with van der Waals surface area (Å²) in [5.41, 5.74) is 0.946. The number of aromatic nitrogens is 2. The van der Waals surface area contributed by atoms with Gasteiger partial charge in [-0.3, -0.25) is 9.48 Å². The maximum Gasteiger partial charge on any atom is 0.289 e. The van der Waals surface area contributed by atoms with Gasteiger partial charge in [-0.25, -0.2) is 0 Å². The first-order valence-electron chi connectivity index (χ1n) is 7.72. The molecule has 0 aliphatic rings. The van der Waals surface area contributed by atoms with Gasteiger partial charge in [0.2, 0.25) is 0 Å². The minimum atomic E-state index is -0.184. The third-order valence-corrected chi connectivity index (χ3v) is 4.26. The number of amides is 1. The lowest BCUT2D eigenvalue weighted by Gasteiger charge is -2.15. The van der Waals surface area contributed by atoms with Crippen LogP contribution >= 0.6 is 15.9 Å². The number of ether oxygens (including phenoxy) is 1. The van der Waals surface area contributed by atoms with E-state index >= 15 is 0 Å². The number of hydrogen-bond donors (Lipinski definition) is 0. The molecule has 6 nitrogen and oxygen atoms in total. The molecule has 0 bridgehead atoms. The van der Waals surface area contributed by atoms with E-state index in [1.807, 2.05) is 37.4 Å². The van der Waals surface area contributed by atoms with E-state index < -0.39 is 0 Å². The van der Waals surface area contributed by atoms with Crippen molar-refractivity contribution in [2.75, 3.05) is 7.05 Å². The number of nitrogens with zero attached hydrogens (tertiary/aromatic N) is 3. The van der Waals surface area contributed by atoms with Crippen LogP contribution in [0.2, 0.25) is 0 Å². The van der Waals surface area contributed by atoms with Gasteiger partial charge in [0.25, 0.3) is 5.91 Å². The largest absolute Gasteiger partial charge is 0.486 e. The van der Waals surface area contributed by atoms with Gasteiger partial charge >= 0.3 is 0 Å². The molecule has 0 saturated carbocycles. The van der Waals surface area contributed by atoms with Crippen LogP contribution in [0, 0.1) is 0 Å². The minimum Gasteiger partial charge on any atom is -0.486 e. The number of carbonyl (C=O) groups excluding carboxylic acids is 1. The van der Waals surface area contributed by atoms with Crippen molar-refractivity contribution in [1.29, 1.82) is 0 Å². The second-order valence-electron chi connectivity index (χ2n) is 5.62.